The van der Waals surface area contributed by atoms with Crippen molar-refractivity contribution >= 4 is 28.3 Å². The van der Waals surface area contributed by atoms with Gasteiger partial charge in [-0.15, -0.1) is 11.3 Å². The maximum Gasteiger partial charge on any atom is 0.180 e. The molecular formula is C10H9N5S. The fourth-order valence-electron chi connectivity index (χ4n) is 1.48. The van der Waals surface area contributed by atoms with Crippen molar-refractivity contribution in [2.45, 2.75) is 0 Å². The smallest absolute Gasteiger partial charge is 0.180 e. The van der Waals surface area contributed by atoms with Crippen molar-refractivity contribution < 1.29 is 0 Å². The summed E-state index contributed by atoms with van der Waals surface area (Å²) in [4.78, 5) is 16.1. The summed E-state index contributed by atoms with van der Waals surface area (Å²) in [7, 11) is 1.84. The lowest BCUT2D eigenvalue weighted by Gasteiger charge is -1.95. The Hall–Kier alpha value is -1.95. The van der Waals surface area contributed by atoms with Crippen LogP contribution in [0, 0.1) is 0 Å². The number of imidazole rings is 1. The maximum absolute atomic E-state index is 4.40. The van der Waals surface area contributed by atoms with E-state index in [-0.39, 0.29) is 0 Å². The van der Waals surface area contributed by atoms with Crippen molar-refractivity contribution in [2.24, 2.45) is 0 Å². The van der Waals surface area contributed by atoms with E-state index in [0.717, 1.165) is 22.9 Å². The first-order valence-electron chi connectivity index (χ1n) is 4.80. The SMILES string of the molecule is CNc1ccc2[nH]c(-c3cscn3)nc2n1. The van der Waals surface area contributed by atoms with E-state index in [1.54, 1.807) is 16.8 Å². The Morgan fingerprint density at radius 2 is 2.25 bits per heavy atom. The molecule has 0 bridgehead atoms. The Kier molecular flexibility index (Phi) is 2.07. The van der Waals surface area contributed by atoms with Crippen LogP contribution in [0.2, 0.25) is 0 Å². The average molecular weight is 231 g/mol. The van der Waals surface area contributed by atoms with Crippen LogP contribution in [0.15, 0.2) is 23.0 Å². The van der Waals surface area contributed by atoms with Gasteiger partial charge in [0, 0.05) is 12.4 Å². The fraction of sp³-hybridized carbons (Fsp3) is 0.100. The van der Waals surface area contributed by atoms with Crippen LogP contribution in [-0.2, 0) is 0 Å². The zero-order valence-corrected chi connectivity index (χ0v) is 9.38. The van der Waals surface area contributed by atoms with Crippen LogP contribution in [0.25, 0.3) is 22.7 Å². The van der Waals surface area contributed by atoms with Crippen LogP contribution in [-0.4, -0.2) is 27.0 Å². The quantitative estimate of drug-likeness (QED) is 0.709. The Bertz CT molecular complexity index is 613. The normalized spacial score (nSPS) is 10.8. The molecule has 3 rings (SSSR count). The van der Waals surface area contributed by atoms with Gasteiger partial charge in [-0.3, -0.25) is 0 Å². The number of aromatic amines is 1. The highest BCUT2D eigenvalue weighted by molar-refractivity contribution is 7.07. The minimum atomic E-state index is 0.704. The Morgan fingerprint density at radius 3 is 3.00 bits per heavy atom. The maximum atomic E-state index is 4.40. The van der Waals surface area contributed by atoms with E-state index < -0.39 is 0 Å². The number of hydrogen-bond donors (Lipinski definition) is 2. The summed E-state index contributed by atoms with van der Waals surface area (Å²) in [5.74, 6) is 1.57. The van der Waals surface area contributed by atoms with Gasteiger partial charge in [0.1, 0.15) is 11.5 Å². The Labute approximate surface area is 95.6 Å². The molecule has 3 aromatic rings. The number of aromatic nitrogens is 4. The van der Waals surface area contributed by atoms with E-state index >= 15 is 0 Å². The summed E-state index contributed by atoms with van der Waals surface area (Å²) in [5, 5.41) is 4.94. The number of nitrogens with zero attached hydrogens (tertiary/aromatic N) is 3. The third-order valence-corrected chi connectivity index (χ3v) is 2.86. The van der Waals surface area contributed by atoms with Crippen molar-refractivity contribution in [2.75, 3.05) is 12.4 Å². The van der Waals surface area contributed by atoms with Crippen molar-refractivity contribution in [3.63, 3.8) is 0 Å². The van der Waals surface area contributed by atoms with Crippen LogP contribution in [0.4, 0.5) is 5.82 Å². The predicted octanol–water partition coefficient (Wildman–Crippen LogP) is 2.12. The standard InChI is InChI=1S/C10H9N5S/c1-11-8-3-2-6-9(14-8)15-10(13-6)7-4-16-5-12-7/h2-5H,1H3,(H2,11,13,14,15). The number of nitrogens with one attached hydrogen (secondary N) is 2. The van der Waals surface area contributed by atoms with E-state index in [1.165, 1.54) is 0 Å². The summed E-state index contributed by atoms with van der Waals surface area (Å²) in [6, 6.07) is 3.86. The fourth-order valence-corrected chi connectivity index (χ4v) is 2.02. The zero-order chi connectivity index (χ0) is 11.0. The number of fused-ring (bicyclic) bond motifs is 1. The molecule has 2 N–H and O–H groups in total. The molecule has 6 heteroatoms. The monoisotopic (exact) mass is 231 g/mol. The van der Waals surface area contributed by atoms with Crippen LogP contribution in [0.5, 0.6) is 0 Å². The van der Waals surface area contributed by atoms with Gasteiger partial charge in [0.25, 0.3) is 0 Å². The molecule has 0 aliphatic rings. The molecule has 0 amide bonds. The molecule has 0 aromatic carbocycles. The molecule has 0 fully saturated rings. The Morgan fingerprint density at radius 1 is 1.31 bits per heavy atom. The highest BCUT2D eigenvalue weighted by Crippen LogP contribution is 2.20. The topological polar surface area (TPSA) is 66.5 Å². The largest absolute Gasteiger partial charge is 0.373 e. The first-order valence-corrected chi connectivity index (χ1v) is 5.74. The van der Waals surface area contributed by atoms with Crippen molar-refractivity contribution in [1.29, 1.82) is 0 Å². The lowest BCUT2D eigenvalue weighted by Crippen LogP contribution is -1.91. The van der Waals surface area contributed by atoms with Gasteiger partial charge in [-0.1, -0.05) is 0 Å². The van der Waals surface area contributed by atoms with Crippen molar-refractivity contribution in [3.05, 3.63) is 23.0 Å². The lowest BCUT2D eigenvalue weighted by molar-refractivity contribution is 1.25. The molecule has 0 atom stereocenters. The molecule has 0 saturated carbocycles. The van der Waals surface area contributed by atoms with Gasteiger partial charge < -0.3 is 10.3 Å². The molecular weight excluding hydrogens is 222 g/mol. The molecule has 5 nitrogen and oxygen atoms in total. The van der Waals surface area contributed by atoms with E-state index in [1.807, 2.05) is 24.6 Å². The van der Waals surface area contributed by atoms with E-state index in [4.69, 9.17) is 0 Å². The molecule has 0 unspecified atom stereocenters. The summed E-state index contributed by atoms with van der Waals surface area (Å²) in [6.45, 7) is 0. The van der Waals surface area contributed by atoms with Gasteiger partial charge in [-0.2, -0.15) is 0 Å². The number of thiazole rings is 1. The van der Waals surface area contributed by atoms with Gasteiger partial charge in [0.05, 0.1) is 11.0 Å². The number of hydrogen-bond acceptors (Lipinski definition) is 5. The number of rotatable bonds is 2. The van der Waals surface area contributed by atoms with Crippen LogP contribution >= 0.6 is 11.3 Å². The average Bonchev–Trinajstić information content (AvgIpc) is 2.96. The predicted molar refractivity (Wildman–Crippen MR) is 64.5 cm³/mol. The Balaban J connectivity index is 2.16. The van der Waals surface area contributed by atoms with Crippen LogP contribution < -0.4 is 5.32 Å². The molecule has 16 heavy (non-hydrogen) atoms. The van der Waals surface area contributed by atoms with Crippen LogP contribution in [0.3, 0.4) is 0 Å². The highest BCUT2D eigenvalue weighted by Gasteiger charge is 2.07. The van der Waals surface area contributed by atoms with Gasteiger partial charge >= 0.3 is 0 Å². The molecule has 3 aromatic heterocycles. The molecule has 0 aliphatic carbocycles. The summed E-state index contributed by atoms with van der Waals surface area (Å²) < 4.78 is 0. The minimum absolute atomic E-state index is 0.704. The summed E-state index contributed by atoms with van der Waals surface area (Å²) in [6.07, 6.45) is 0. The third kappa shape index (κ3) is 1.43. The second kappa shape index (κ2) is 3.57. The molecule has 0 radical (unpaired) electrons. The van der Waals surface area contributed by atoms with Gasteiger partial charge in [-0.05, 0) is 12.1 Å². The summed E-state index contributed by atoms with van der Waals surface area (Å²) >= 11 is 1.55. The number of anilines is 1. The summed E-state index contributed by atoms with van der Waals surface area (Å²) in [5.41, 5.74) is 4.26. The van der Waals surface area contributed by atoms with Crippen LogP contribution in [0.1, 0.15) is 0 Å². The molecule has 0 aliphatic heterocycles. The van der Waals surface area contributed by atoms with Gasteiger partial charge in [0.15, 0.2) is 11.5 Å². The van der Waals surface area contributed by atoms with Gasteiger partial charge in [-0.25, -0.2) is 15.0 Å². The van der Waals surface area contributed by atoms with Gasteiger partial charge in [0.2, 0.25) is 0 Å². The second-order valence-corrected chi connectivity index (χ2v) is 4.00. The van der Waals surface area contributed by atoms with E-state index in [2.05, 4.69) is 25.3 Å². The third-order valence-electron chi connectivity index (χ3n) is 2.28. The van der Waals surface area contributed by atoms with E-state index in [9.17, 15) is 0 Å². The minimum Gasteiger partial charge on any atom is -0.373 e. The molecule has 3 heterocycles. The molecule has 80 valence electrons. The highest BCUT2D eigenvalue weighted by atomic mass is 32.1. The first-order chi connectivity index (χ1) is 7.86. The number of H-pyrrole nitrogens is 1. The zero-order valence-electron chi connectivity index (χ0n) is 8.56. The number of pyridine rings is 1. The van der Waals surface area contributed by atoms with E-state index in [0.29, 0.717) is 5.65 Å². The lowest BCUT2D eigenvalue weighted by atomic mass is 10.4. The first kappa shape index (κ1) is 9.29. The molecule has 0 spiro atoms. The second-order valence-electron chi connectivity index (χ2n) is 3.28. The van der Waals surface area contributed by atoms with Crippen molar-refractivity contribution in [1.82, 2.24) is 19.9 Å². The molecule has 0 saturated heterocycles. The van der Waals surface area contributed by atoms with Crippen molar-refractivity contribution in [3.8, 4) is 11.5 Å².